The van der Waals surface area contributed by atoms with Crippen LogP contribution < -0.4 is 0 Å². The van der Waals surface area contributed by atoms with Crippen molar-refractivity contribution in [3.05, 3.63) is 30.6 Å². The molecule has 2 rings (SSSR count). The molecule has 0 aliphatic rings. The van der Waals surface area contributed by atoms with E-state index in [9.17, 15) is 0 Å². The van der Waals surface area contributed by atoms with Crippen molar-refractivity contribution in [1.82, 2.24) is 19.3 Å². The maximum atomic E-state index is 9.06. The van der Waals surface area contributed by atoms with Gasteiger partial charge in [0.15, 0.2) is 5.75 Å². The van der Waals surface area contributed by atoms with E-state index in [1.54, 1.807) is 17.1 Å². The summed E-state index contributed by atoms with van der Waals surface area (Å²) in [6, 6.07) is 0. The van der Waals surface area contributed by atoms with Crippen molar-refractivity contribution in [2.75, 3.05) is 0 Å². The van der Waals surface area contributed by atoms with Gasteiger partial charge < -0.3 is 9.67 Å². The summed E-state index contributed by atoms with van der Waals surface area (Å²) in [6.45, 7) is 0.728. The van der Waals surface area contributed by atoms with Crippen molar-refractivity contribution in [3.63, 3.8) is 0 Å². The first kappa shape index (κ1) is 8.80. The van der Waals surface area contributed by atoms with Crippen LogP contribution >= 0.6 is 0 Å². The van der Waals surface area contributed by atoms with E-state index in [1.807, 2.05) is 17.8 Å². The van der Waals surface area contributed by atoms with Crippen LogP contribution in [-0.2, 0) is 20.0 Å². The normalized spacial score (nSPS) is 10.6. The summed E-state index contributed by atoms with van der Waals surface area (Å²) in [7, 11) is 1.96. The average Bonchev–Trinajstić information content (AvgIpc) is 2.72. The van der Waals surface area contributed by atoms with Gasteiger partial charge in [-0.05, 0) is 0 Å². The van der Waals surface area contributed by atoms with Gasteiger partial charge in [0.05, 0.1) is 12.4 Å². The van der Waals surface area contributed by atoms with E-state index in [0.29, 0.717) is 0 Å². The van der Waals surface area contributed by atoms with Crippen molar-refractivity contribution >= 4 is 0 Å². The Labute approximate surface area is 81.6 Å². The van der Waals surface area contributed by atoms with Crippen LogP contribution in [0.25, 0.3) is 0 Å². The Kier molecular flexibility index (Phi) is 2.22. The molecule has 0 aliphatic heterocycles. The van der Waals surface area contributed by atoms with Crippen molar-refractivity contribution in [1.29, 1.82) is 0 Å². The van der Waals surface area contributed by atoms with Crippen LogP contribution in [0.5, 0.6) is 5.75 Å². The zero-order chi connectivity index (χ0) is 9.97. The Morgan fingerprint density at radius 3 is 2.93 bits per heavy atom. The summed E-state index contributed by atoms with van der Waals surface area (Å²) in [5.74, 6) is 1.21. The molecule has 2 heterocycles. The van der Waals surface area contributed by atoms with Crippen LogP contribution in [0.2, 0.25) is 0 Å². The van der Waals surface area contributed by atoms with Crippen molar-refractivity contribution in [2.45, 2.75) is 13.0 Å². The van der Waals surface area contributed by atoms with Crippen LogP contribution in [0.15, 0.2) is 24.8 Å². The van der Waals surface area contributed by atoms with Gasteiger partial charge in [0.1, 0.15) is 5.82 Å². The fourth-order valence-corrected chi connectivity index (χ4v) is 1.33. The summed E-state index contributed by atoms with van der Waals surface area (Å²) < 4.78 is 3.67. The Hall–Kier alpha value is -1.78. The van der Waals surface area contributed by atoms with Gasteiger partial charge in [-0.3, -0.25) is 4.68 Å². The minimum atomic E-state index is 0.199. The number of aromatic hydroxyl groups is 1. The fourth-order valence-electron chi connectivity index (χ4n) is 1.33. The summed E-state index contributed by atoms with van der Waals surface area (Å²) in [5, 5.41) is 13.0. The van der Waals surface area contributed by atoms with Crippen LogP contribution in [-0.4, -0.2) is 24.4 Å². The lowest BCUT2D eigenvalue weighted by Gasteiger charge is -2.01. The Bertz CT molecular complexity index is 418. The lowest BCUT2D eigenvalue weighted by molar-refractivity contribution is 0.473. The largest absolute Gasteiger partial charge is 0.505 e. The zero-order valence-electron chi connectivity index (χ0n) is 7.96. The first-order chi connectivity index (χ1) is 6.75. The van der Waals surface area contributed by atoms with Crippen LogP contribution in [0, 0.1) is 0 Å². The summed E-state index contributed by atoms with van der Waals surface area (Å²) in [5.41, 5.74) is 0. The average molecular weight is 192 g/mol. The molecule has 2 aromatic heterocycles. The van der Waals surface area contributed by atoms with E-state index in [4.69, 9.17) is 5.11 Å². The lowest BCUT2D eigenvalue weighted by Crippen LogP contribution is -2.05. The third-order valence-electron chi connectivity index (χ3n) is 2.11. The molecule has 0 bridgehead atoms. The van der Waals surface area contributed by atoms with Gasteiger partial charge in [-0.1, -0.05) is 0 Å². The monoisotopic (exact) mass is 192 g/mol. The molecule has 0 atom stereocenters. The lowest BCUT2D eigenvalue weighted by atomic mass is 10.4. The smallest absolute Gasteiger partial charge is 0.153 e. The molecule has 0 aliphatic carbocycles. The Morgan fingerprint density at radius 1 is 1.50 bits per heavy atom. The predicted octanol–water partition coefficient (Wildman–Crippen LogP) is 0.565. The molecule has 0 fully saturated rings. The van der Waals surface area contributed by atoms with Gasteiger partial charge in [-0.2, -0.15) is 5.10 Å². The van der Waals surface area contributed by atoms with E-state index in [1.165, 1.54) is 6.20 Å². The molecule has 0 saturated heterocycles. The first-order valence-corrected chi connectivity index (χ1v) is 4.43. The second-order valence-electron chi connectivity index (χ2n) is 3.17. The molecular formula is C9H12N4O. The highest BCUT2D eigenvalue weighted by Crippen LogP contribution is 2.05. The van der Waals surface area contributed by atoms with E-state index in [-0.39, 0.29) is 5.75 Å². The van der Waals surface area contributed by atoms with Gasteiger partial charge in [-0.15, -0.1) is 0 Å². The quantitative estimate of drug-likeness (QED) is 0.773. The number of rotatable bonds is 3. The molecule has 5 nitrogen and oxygen atoms in total. The topological polar surface area (TPSA) is 55.9 Å². The van der Waals surface area contributed by atoms with E-state index < -0.39 is 0 Å². The van der Waals surface area contributed by atoms with Crippen molar-refractivity contribution < 1.29 is 5.11 Å². The zero-order valence-corrected chi connectivity index (χ0v) is 7.96. The van der Waals surface area contributed by atoms with Crippen LogP contribution in [0.1, 0.15) is 5.82 Å². The van der Waals surface area contributed by atoms with Crippen molar-refractivity contribution in [3.8, 4) is 5.75 Å². The highest BCUT2D eigenvalue weighted by molar-refractivity contribution is 5.08. The number of hydrogen-bond acceptors (Lipinski definition) is 3. The summed E-state index contributed by atoms with van der Waals surface area (Å²) in [6.07, 6.45) is 7.53. The van der Waals surface area contributed by atoms with E-state index in [2.05, 4.69) is 10.1 Å². The highest BCUT2D eigenvalue weighted by Gasteiger charge is 2.00. The van der Waals surface area contributed by atoms with Crippen LogP contribution in [0.4, 0.5) is 0 Å². The van der Waals surface area contributed by atoms with Gasteiger partial charge in [0.2, 0.25) is 0 Å². The molecule has 0 saturated carbocycles. The minimum Gasteiger partial charge on any atom is -0.505 e. The van der Waals surface area contributed by atoms with Gasteiger partial charge in [-0.25, -0.2) is 4.98 Å². The number of aryl methyl sites for hydroxylation is 3. The first-order valence-electron chi connectivity index (χ1n) is 4.43. The molecule has 14 heavy (non-hydrogen) atoms. The number of hydrogen-bond donors (Lipinski definition) is 1. The van der Waals surface area contributed by atoms with Crippen molar-refractivity contribution in [2.24, 2.45) is 7.05 Å². The van der Waals surface area contributed by atoms with E-state index >= 15 is 0 Å². The molecule has 1 N–H and O–H groups in total. The molecule has 0 aromatic carbocycles. The maximum Gasteiger partial charge on any atom is 0.153 e. The highest BCUT2D eigenvalue weighted by atomic mass is 16.3. The van der Waals surface area contributed by atoms with Gasteiger partial charge in [0.25, 0.3) is 0 Å². The molecule has 0 radical (unpaired) electrons. The van der Waals surface area contributed by atoms with Gasteiger partial charge >= 0.3 is 0 Å². The number of nitrogens with zero attached hydrogens (tertiary/aromatic N) is 4. The number of aromatic nitrogens is 4. The van der Waals surface area contributed by atoms with Gasteiger partial charge in [0, 0.05) is 32.4 Å². The fraction of sp³-hybridized carbons (Fsp3) is 0.333. The molecule has 74 valence electrons. The van der Waals surface area contributed by atoms with E-state index in [0.717, 1.165) is 18.8 Å². The molecule has 5 heteroatoms. The minimum absolute atomic E-state index is 0.199. The molecular weight excluding hydrogens is 180 g/mol. The SMILES string of the molecule is Cn1ccnc1CCn1cc(O)cn1. The molecule has 0 amide bonds. The predicted molar refractivity (Wildman–Crippen MR) is 50.8 cm³/mol. The maximum absolute atomic E-state index is 9.06. The standard InChI is InChI=1S/C9H12N4O/c1-12-5-3-10-9(12)2-4-13-7-8(14)6-11-13/h3,5-7,14H,2,4H2,1H3. The number of imidazole rings is 1. The summed E-state index contributed by atoms with van der Waals surface area (Å²) >= 11 is 0. The third kappa shape index (κ3) is 1.76. The molecule has 0 unspecified atom stereocenters. The Morgan fingerprint density at radius 2 is 2.36 bits per heavy atom. The summed E-state index contributed by atoms with van der Waals surface area (Å²) in [4.78, 5) is 4.20. The molecule has 2 aromatic rings. The molecule has 0 spiro atoms. The second kappa shape index (κ2) is 3.53. The third-order valence-corrected chi connectivity index (χ3v) is 2.11. The second-order valence-corrected chi connectivity index (χ2v) is 3.17. The van der Waals surface area contributed by atoms with Crippen LogP contribution in [0.3, 0.4) is 0 Å². The Balaban J connectivity index is 1.98.